The number of fused-ring (bicyclic) bond motifs is 1. The maximum Gasteiger partial charge on any atom is 0.338 e. The molecule has 0 radical (unpaired) electrons. The maximum atomic E-state index is 14.8. The smallest absolute Gasteiger partial charge is 0.338 e. The Balaban J connectivity index is 1.70. The first-order chi connectivity index (χ1) is 39.1. The molecule has 0 unspecified atom stereocenters. The summed E-state index contributed by atoms with van der Waals surface area (Å²) in [6.07, 6.45) is 0. The number of rotatable bonds is 33. The van der Waals surface area contributed by atoms with Crippen molar-refractivity contribution < 1.29 is 111 Å². The highest BCUT2D eigenvalue weighted by molar-refractivity contribution is 7.94. The Labute approximate surface area is 471 Å². The standard InChI is InChI=1S/C52H59N3O24S3/c1-68-9-15-74-47(56)34-21-35(48(57)75-16-10-69-2)25-40(24-34)53-80(62,63)43-7-8-45-33(30-43)31-44(81(64,65)54-41-26-36(49(58)76-17-11-70-3)22-37(27-41)50(59)77-18-12-71-4)32-46(45)82(66,67)55-42-28-38(51(60)78-19-13-72-5)23-39(29-42)52(61)79-20-14-73-6/h7-8,21-32,53-55H,9-20H2,1-6H3. The lowest BCUT2D eigenvalue weighted by molar-refractivity contribution is 0.0371. The largest absolute Gasteiger partial charge is 0.460 e. The van der Waals surface area contributed by atoms with Crippen LogP contribution < -0.4 is 14.2 Å². The van der Waals surface area contributed by atoms with Gasteiger partial charge in [-0.05, 0) is 84.2 Å². The molecule has 0 heterocycles. The molecule has 0 fully saturated rings. The summed E-state index contributed by atoms with van der Waals surface area (Å²) in [5.41, 5.74) is -3.14. The summed E-state index contributed by atoms with van der Waals surface area (Å²) >= 11 is 0. The summed E-state index contributed by atoms with van der Waals surface area (Å²) in [4.78, 5) is 76.7. The summed E-state index contributed by atoms with van der Waals surface area (Å²) in [6, 6.07) is 14.0. The van der Waals surface area contributed by atoms with Gasteiger partial charge in [-0.25, -0.2) is 54.0 Å². The number of sulfonamides is 3. The minimum atomic E-state index is -5.12. The average molecular weight is 1210 g/mol. The first-order valence-electron chi connectivity index (χ1n) is 24.2. The summed E-state index contributed by atoms with van der Waals surface area (Å²) in [5, 5.41) is -0.664. The van der Waals surface area contributed by atoms with Crippen molar-refractivity contribution in [3.63, 3.8) is 0 Å². The number of anilines is 3. The van der Waals surface area contributed by atoms with Crippen molar-refractivity contribution in [2.24, 2.45) is 0 Å². The Kier molecular flexibility index (Phi) is 24.5. The molecule has 82 heavy (non-hydrogen) atoms. The van der Waals surface area contributed by atoms with Gasteiger partial charge < -0.3 is 56.8 Å². The van der Waals surface area contributed by atoms with E-state index in [1.54, 1.807) is 0 Å². The Bertz CT molecular complexity index is 3340. The molecule has 0 amide bonds. The molecular weight excluding hydrogens is 1150 g/mol. The molecule has 0 saturated heterocycles. The van der Waals surface area contributed by atoms with E-state index in [2.05, 4.69) is 14.2 Å². The van der Waals surface area contributed by atoms with Gasteiger partial charge in [0.05, 0.1) is 105 Å². The van der Waals surface area contributed by atoms with Gasteiger partial charge in [-0.1, -0.05) is 6.07 Å². The van der Waals surface area contributed by atoms with E-state index >= 15 is 0 Å². The van der Waals surface area contributed by atoms with Gasteiger partial charge in [0.2, 0.25) is 0 Å². The number of methoxy groups -OCH3 is 6. The molecule has 0 spiro atoms. The average Bonchev–Trinajstić information content (AvgIpc) is 3.51. The van der Waals surface area contributed by atoms with Crippen LogP contribution in [-0.2, 0) is 86.9 Å². The third-order valence-corrected chi connectivity index (χ3v) is 15.0. The van der Waals surface area contributed by atoms with Crippen LogP contribution in [-0.4, -0.2) is 183 Å². The van der Waals surface area contributed by atoms with E-state index in [9.17, 15) is 54.0 Å². The summed E-state index contributed by atoms with van der Waals surface area (Å²) in [7, 11) is -6.90. The predicted molar refractivity (Wildman–Crippen MR) is 289 cm³/mol. The fraction of sp³-hybridized carbons (Fsp3) is 0.346. The van der Waals surface area contributed by atoms with Crippen LogP contribution in [0.15, 0.2) is 99.6 Å². The van der Waals surface area contributed by atoms with E-state index < -0.39 is 91.9 Å². The first kappa shape index (κ1) is 65.0. The van der Waals surface area contributed by atoms with Crippen LogP contribution in [0.1, 0.15) is 62.1 Å². The molecule has 5 aromatic carbocycles. The fourth-order valence-corrected chi connectivity index (χ4v) is 10.6. The van der Waals surface area contributed by atoms with Gasteiger partial charge in [0, 0.05) is 48.0 Å². The van der Waals surface area contributed by atoms with Crippen LogP contribution >= 0.6 is 0 Å². The number of hydrogen-bond donors (Lipinski definition) is 3. The van der Waals surface area contributed by atoms with Crippen molar-refractivity contribution in [3.05, 3.63) is 118 Å². The van der Waals surface area contributed by atoms with Crippen LogP contribution in [0.2, 0.25) is 0 Å². The second-order valence-electron chi connectivity index (χ2n) is 16.8. The van der Waals surface area contributed by atoms with Crippen LogP contribution in [0.3, 0.4) is 0 Å². The zero-order valence-corrected chi connectivity index (χ0v) is 47.5. The first-order valence-corrected chi connectivity index (χ1v) is 28.6. The zero-order chi connectivity index (χ0) is 60.0. The molecule has 5 rings (SSSR count). The number of carbonyl (C=O) groups excluding carboxylic acids is 6. The Morgan fingerprint density at radius 1 is 0.317 bits per heavy atom. The van der Waals surface area contributed by atoms with E-state index in [1.165, 1.54) is 42.7 Å². The number of benzene rings is 5. The van der Waals surface area contributed by atoms with E-state index in [0.29, 0.717) is 6.07 Å². The molecule has 30 heteroatoms. The van der Waals surface area contributed by atoms with E-state index in [1.807, 2.05) is 0 Å². The normalized spacial score (nSPS) is 11.5. The highest BCUT2D eigenvalue weighted by Crippen LogP contribution is 2.33. The van der Waals surface area contributed by atoms with Crippen LogP contribution in [0, 0.1) is 0 Å². The highest BCUT2D eigenvalue weighted by atomic mass is 32.2. The molecule has 444 valence electrons. The number of esters is 6. The SMILES string of the molecule is COCCOC(=O)c1cc(NS(=O)(=O)c2ccc3c(S(=O)(=O)Nc4cc(C(=O)OCCOC)cc(C(=O)OCCOC)c4)cc(S(=O)(=O)Nc4cc(C(=O)OCCOC)cc(C(=O)OCCOC)c4)cc3c2)cc(C(=O)OCCOC)c1. The molecule has 0 atom stereocenters. The molecular formula is C52H59N3O24S3. The highest BCUT2D eigenvalue weighted by Gasteiger charge is 2.28. The van der Waals surface area contributed by atoms with E-state index in [0.717, 1.165) is 78.9 Å². The van der Waals surface area contributed by atoms with Crippen molar-refractivity contribution in [1.29, 1.82) is 0 Å². The van der Waals surface area contributed by atoms with Gasteiger partial charge in [-0.3, -0.25) is 14.2 Å². The lowest BCUT2D eigenvalue weighted by Gasteiger charge is -2.17. The van der Waals surface area contributed by atoms with Crippen molar-refractivity contribution >= 4 is 93.7 Å². The summed E-state index contributed by atoms with van der Waals surface area (Å²) in [5.74, 6) is -6.00. The molecule has 0 aliphatic carbocycles. The molecule has 27 nitrogen and oxygen atoms in total. The van der Waals surface area contributed by atoms with Crippen molar-refractivity contribution in [3.8, 4) is 0 Å². The van der Waals surface area contributed by atoms with E-state index in [-0.39, 0.29) is 129 Å². The number of nitrogens with one attached hydrogen (secondary N) is 3. The Morgan fingerprint density at radius 3 is 0.854 bits per heavy atom. The minimum Gasteiger partial charge on any atom is -0.460 e. The monoisotopic (exact) mass is 1210 g/mol. The van der Waals surface area contributed by atoms with Gasteiger partial charge in [-0.2, -0.15) is 0 Å². The second-order valence-corrected chi connectivity index (χ2v) is 21.8. The van der Waals surface area contributed by atoms with Gasteiger partial charge in [0.1, 0.15) is 39.6 Å². The fourth-order valence-electron chi connectivity index (χ4n) is 7.04. The van der Waals surface area contributed by atoms with Crippen LogP contribution in [0.25, 0.3) is 10.8 Å². The quantitative estimate of drug-likeness (QED) is 0.0303. The second kappa shape index (κ2) is 30.9. The lowest BCUT2D eigenvalue weighted by Crippen LogP contribution is -2.19. The predicted octanol–water partition coefficient (Wildman–Crippen LogP) is 4.06. The Morgan fingerprint density at radius 2 is 0.573 bits per heavy atom. The van der Waals surface area contributed by atoms with Crippen LogP contribution in [0.4, 0.5) is 17.1 Å². The molecule has 0 aliphatic heterocycles. The number of ether oxygens (including phenoxy) is 12. The number of carbonyl (C=O) groups is 6. The molecule has 0 aliphatic rings. The third-order valence-electron chi connectivity index (χ3n) is 10.9. The van der Waals surface area contributed by atoms with Gasteiger partial charge in [-0.15, -0.1) is 0 Å². The topological polar surface area (TPSA) is 352 Å². The summed E-state index contributed by atoms with van der Waals surface area (Å²) < 4.78 is 155. The van der Waals surface area contributed by atoms with Gasteiger partial charge in [0.15, 0.2) is 0 Å². The third kappa shape index (κ3) is 18.6. The van der Waals surface area contributed by atoms with Gasteiger partial charge >= 0.3 is 35.8 Å². The van der Waals surface area contributed by atoms with E-state index in [4.69, 9.17) is 56.8 Å². The maximum absolute atomic E-state index is 14.8. The summed E-state index contributed by atoms with van der Waals surface area (Å²) in [6.45, 7) is -1.45. The molecule has 0 bridgehead atoms. The number of hydrogen-bond acceptors (Lipinski definition) is 24. The molecule has 5 aromatic rings. The minimum absolute atomic E-state index is 0.00283. The van der Waals surface area contributed by atoms with Crippen molar-refractivity contribution in [2.45, 2.75) is 14.7 Å². The van der Waals surface area contributed by atoms with Gasteiger partial charge in [0.25, 0.3) is 30.1 Å². The van der Waals surface area contributed by atoms with Crippen molar-refractivity contribution in [1.82, 2.24) is 0 Å². The lowest BCUT2D eigenvalue weighted by atomic mass is 10.1. The molecule has 0 aromatic heterocycles. The zero-order valence-electron chi connectivity index (χ0n) is 45.1. The molecule has 0 saturated carbocycles. The molecule has 3 N–H and O–H groups in total. The Hall–Kier alpha value is -7.81. The van der Waals surface area contributed by atoms with Crippen molar-refractivity contribution in [2.75, 3.05) is 136 Å². The van der Waals surface area contributed by atoms with Crippen LogP contribution in [0.5, 0.6) is 0 Å².